The lowest BCUT2D eigenvalue weighted by Gasteiger charge is -2.21. The van der Waals surface area contributed by atoms with Crippen LogP contribution in [0.5, 0.6) is 0 Å². The van der Waals surface area contributed by atoms with Gasteiger partial charge in [0.25, 0.3) is 5.91 Å². The fourth-order valence-electron chi connectivity index (χ4n) is 1.40. The lowest BCUT2D eigenvalue weighted by atomic mass is 9.92. The summed E-state index contributed by atoms with van der Waals surface area (Å²) in [5, 5.41) is 3.09. The molecule has 0 spiro atoms. The van der Waals surface area contributed by atoms with Crippen molar-refractivity contribution in [2.45, 2.75) is 13.8 Å². The highest BCUT2D eigenvalue weighted by molar-refractivity contribution is 6.34. The van der Waals surface area contributed by atoms with E-state index in [1.807, 2.05) is 0 Å². The molecule has 0 aliphatic rings. The molecule has 3 N–H and O–H groups in total. The fraction of sp³-hybridized carbons (Fsp3) is 0.429. The lowest BCUT2D eigenvalue weighted by Crippen LogP contribution is -2.37. The number of halogens is 2. The molecule has 0 aliphatic heterocycles. The van der Waals surface area contributed by atoms with Crippen molar-refractivity contribution in [1.82, 2.24) is 4.90 Å². The maximum absolute atomic E-state index is 12.0. The van der Waals surface area contributed by atoms with Gasteiger partial charge < -0.3 is 16.0 Å². The van der Waals surface area contributed by atoms with Crippen molar-refractivity contribution in [1.29, 1.82) is 0 Å². The molecular weight excluding hydrogens is 313 g/mol. The molecule has 0 saturated heterocycles. The predicted molar refractivity (Wildman–Crippen MR) is 88.2 cm³/mol. The van der Waals surface area contributed by atoms with Gasteiger partial charge in [0.05, 0.1) is 16.0 Å². The molecule has 21 heavy (non-hydrogen) atoms. The topological polar surface area (TPSA) is 75.4 Å². The van der Waals surface area contributed by atoms with Gasteiger partial charge in [-0.05, 0) is 32.0 Å². The molecule has 0 heterocycles. The molecule has 7 heteroatoms. The summed E-state index contributed by atoms with van der Waals surface area (Å²) in [6.07, 6.45) is 0. The van der Waals surface area contributed by atoms with Crippen LogP contribution in [0.1, 0.15) is 24.2 Å². The molecule has 0 fully saturated rings. The first-order chi connectivity index (χ1) is 9.19. The van der Waals surface area contributed by atoms with Gasteiger partial charge in [-0.25, -0.2) is 0 Å². The normalized spacial score (nSPS) is 10.6. The van der Waals surface area contributed by atoms with E-state index in [0.29, 0.717) is 16.3 Å². The molecule has 0 bridgehead atoms. The predicted octanol–water partition coefficient (Wildman–Crippen LogP) is 2.39. The Hall–Kier alpha value is -1.30. The van der Waals surface area contributed by atoms with Crippen molar-refractivity contribution in [3.05, 3.63) is 28.8 Å². The summed E-state index contributed by atoms with van der Waals surface area (Å²) in [4.78, 5) is 25.4. The first-order valence-corrected chi connectivity index (χ1v) is 6.59. The Morgan fingerprint density at radius 1 is 1.33 bits per heavy atom. The number of nitrogens with zero attached hydrogens (tertiary/aromatic N) is 1. The Morgan fingerprint density at radius 2 is 1.90 bits per heavy atom. The zero-order valence-electron chi connectivity index (χ0n) is 12.6. The van der Waals surface area contributed by atoms with Crippen LogP contribution in [0, 0.1) is 5.41 Å². The minimum absolute atomic E-state index is 0. The molecule has 5 nitrogen and oxygen atoms in total. The van der Waals surface area contributed by atoms with Gasteiger partial charge in [-0.2, -0.15) is 0 Å². The molecule has 118 valence electrons. The van der Waals surface area contributed by atoms with Gasteiger partial charge in [0.2, 0.25) is 5.91 Å². The third-order valence-corrected chi connectivity index (χ3v) is 3.32. The Bertz CT molecular complexity index is 531. The zero-order valence-corrected chi connectivity index (χ0v) is 14.1. The van der Waals surface area contributed by atoms with Crippen molar-refractivity contribution in [3.8, 4) is 0 Å². The van der Waals surface area contributed by atoms with E-state index in [0.717, 1.165) is 0 Å². The maximum atomic E-state index is 12.0. The second kappa shape index (κ2) is 7.64. The van der Waals surface area contributed by atoms with Crippen LogP contribution >= 0.6 is 24.0 Å². The van der Waals surface area contributed by atoms with Crippen LogP contribution in [0.3, 0.4) is 0 Å². The molecule has 1 aromatic carbocycles. The number of carbonyl (C=O) groups excluding carboxylic acids is 2. The van der Waals surface area contributed by atoms with Crippen LogP contribution in [0.15, 0.2) is 18.2 Å². The lowest BCUT2D eigenvalue weighted by molar-refractivity contribution is -0.123. The summed E-state index contributed by atoms with van der Waals surface area (Å²) in [5.74, 6) is -0.422. The van der Waals surface area contributed by atoms with Crippen LogP contribution in [-0.4, -0.2) is 37.4 Å². The second-order valence-electron chi connectivity index (χ2n) is 5.44. The first kappa shape index (κ1) is 19.7. The highest BCUT2D eigenvalue weighted by Gasteiger charge is 2.26. The van der Waals surface area contributed by atoms with E-state index in [1.54, 1.807) is 46.1 Å². The molecule has 0 saturated carbocycles. The second-order valence-corrected chi connectivity index (χ2v) is 5.84. The van der Waals surface area contributed by atoms with Crippen LogP contribution in [0.4, 0.5) is 5.69 Å². The summed E-state index contributed by atoms with van der Waals surface area (Å²) in [6, 6.07) is 4.80. The number of nitrogens with one attached hydrogen (secondary N) is 1. The SMILES string of the molecule is CN(C)C(=O)c1cc(NC(=O)C(C)(C)CN)ccc1Cl.Cl. The van der Waals surface area contributed by atoms with Gasteiger partial charge in [-0.1, -0.05) is 11.6 Å². The van der Waals surface area contributed by atoms with E-state index in [-0.39, 0.29) is 30.8 Å². The van der Waals surface area contributed by atoms with Crippen LogP contribution in [0.2, 0.25) is 5.02 Å². The fourth-order valence-corrected chi connectivity index (χ4v) is 1.60. The van der Waals surface area contributed by atoms with Gasteiger partial charge in [-0.15, -0.1) is 12.4 Å². The van der Waals surface area contributed by atoms with Crippen LogP contribution in [-0.2, 0) is 4.79 Å². The van der Waals surface area contributed by atoms with Crippen molar-refractivity contribution in [2.75, 3.05) is 26.0 Å². The Morgan fingerprint density at radius 3 is 2.38 bits per heavy atom. The number of anilines is 1. The highest BCUT2D eigenvalue weighted by atomic mass is 35.5. The summed E-state index contributed by atoms with van der Waals surface area (Å²) in [7, 11) is 3.28. The van der Waals surface area contributed by atoms with Gasteiger partial charge >= 0.3 is 0 Å². The third-order valence-electron chi connectivity index (χ3n) is 2.99. The number of nitrogens with two attached hydrogens (primary N) is 1. The monoisotopic (exact) mass is 333 g/mol. The van der Waals surface area contributed by atoms with Gasteiger partial charge in [0.1, 0.15) is 0 Å². The number of rotatable bonds is 4. The average Bonchev–Trinajstić information content (AvgIpc) is 2.39. The summed E-state index contributed by atoms with van der Waals surface area (Å²) in [5.41, 5.74) is 5.75. The van der Waals surface area contributed by atoms with Crippen molar-refractivity contribution in [2.24, 2.45) is 11.1 Å². The summed E-state index contributed by atoms with van der Waals surface area (Å²) >= 11 is 6.01. The summed E-state index contributed by atoms with van der Waals surface area (Å²) < 4.78 is 0. The minimum Gasteiger partial charge on any atom is -0.345 e. The molecule has 0 radical (unpaired) electrons. The van der Waals surface area contributed by atoms with E-state index < -0.39 is 5.41 Å². The number of hydrogen-bond donors (Lipinski definition) is 2. The van der Waals surface area contributed by atoms with Gasteiger partial charge in [0, 0.05) is 26.3 Å². The third kappa shape index (κ3) is 4.88. The number of carbonyl (C=O) groups is 2. The molecule has 2 amide bonds. The van der Waals surface area contributed by atoms with E-state index in [2.05, 4.69) is 5.32 Å². The number of amides is 2. The molecule has 1 rings (SSSR count). The van der Waals surface area contributed by atoms with Crippen molar-refractivity contribution < 1.29 is 9.59 Å². The molecule has 0 aromatic heterocycles. The molecule has 0 aliphatic carbocycles. The molecular formula is C14H21Cl2N3O2. The van der Waals surface area contributed by atoms with E-state index in [4.69, 9.17) is 17.3 Å². The largest absolute Gasteiger partial charge is 0.345 e. The van der Waals surface area contributed by atoms with E-state index >= 15 is 0 Å². The van der Waals surface area contributed by atoms with Gasteiger partial charge in [0.15, 0.2) is 0 Å². The van der Waals surface area contributed by atoms with Crippen molar-refractivity contribution in [3.63, 3.8) is 0 Å². The maximum Gasteiger partial charge on any atom is 0.254 e. The first-order valence-electron chi connectivity index (χ1n) is 6.22. The highest BCUT2D eigenvalue weighted by Crippen LogP contribution is 2.23. The Kier molecular flexibility index (Phi) is 7.16. The standard InChI is InChI=1S/C14H20ClN3O2.ClH/c1-14(2,8-16)13(20)17-9-5-6-11(15)10(7-9)12(19)18(3)4;/h5-7H,8,16H2,1-4H3,(H,17,20);1H. The Labute approximate surface area is 136 Å². The Balaban J connectivity index is 0.00000400. The van der Waals surface area contributed by atoms with Gasteiger partial charge in [-0.3, -0.25) is 9.59 Å². The number of benzene rings is 1. The zero-order chi connectivity index (χ0) is 15.5. The van der Waals surface area contributed by atoms with Crippen LogP contribution in [0.25, 0.3) is 0 Å². The number of hydrogen-bond acceptors (Lipinski definition) is 3. The van der Waals surface area contributed by atoms with E-state index in [1.165, 1.54) is 4.90 Å². The van der Waals surface area contributed by atoms with Crippen LogP contribution < -0.4 is 11.1 Å². The minimum atomic E-state index is -0.675. The smallest absolute Gasteiger partial charge is 0.254 e. The molecule has 0 atom stereocenters. The molecule has 0 unspecified atom stereocenters. The summed E-state index contributed by atoms with van der Waals surface area (Å²) in [6.45, 7) is 3.74. The van der Waals surface area contributed by atoms with Crippen molar-refractivity contribution >= 4 is 41.5 Å². The van der Waals surface area contributed by atoms with E-state index in [9.17, 15) is 9.59 Å². The average molecular weight is 334 g/mol. The molecule has 1 aromatic rings. The quantitative estimate of drug-likeness (QED) is 0.888.